The molecule has 0 bridgehead atoms. The first-order valence-electron chi connectivity index (χ1n) is 7.59. The van der Waals surface area contributed by atoms with E-state index < -0.39 is 0 Å². The van der Waals surface area contributed by atoms with Crippen LogP contribution in [0.25, 0.3) is 0 Å². The van der Waals surface area contributed by atoms with Crippen molar-refractivity contribution >= 4 is 11.9 Å². The summed E-state index contributed by atoms with van der Waals surface area (Å²) in [5, 5.41) is 0. The highest BCUT2D eigenvalue weighted by Gasteiger charge is 2.51. The molecule has 0 aromatic heterocycles. The fourth-order valence-corrected chi connectivity index (χ4v) is 4.24. The number of allylic oxidation sites excluding steroid dienone is 1. The van der Waals surface area contributed by atoms with Crippen molar-refractivity contribution < 1.29 is 19.1 Å². The van der Waals surface area contributed by atoms with Crippen LogP contribution < -0.4 is 0 Å². The first kappa shape index (κ1) is 14.4. The number of ether oxygens (including phenoxy) is 2. The molecule has 0 radical (unpaired) electrons. The van der Waals surface area contributed by atoms with E-state index in [-0.39, 0.29) is 35.5 Å². The van der Waals surface area contributed by atoms with Crippen molar-refractivity contribution in [3.05, 3.63) is 23.3 Å². The van der Waals surface area contributed by atoms with E-state index in [1.807, 2.05) is 0 Å². The molecule has 2 fully saturated rings. The molecule has 114 valence electrons. The zero-order valence-electron chi connectivity index (χ0n) is 12.9. The molecule has 1 aliphatic heterocycles. The Morgan fingerprint density at radius 3 is 2.86 bits per heavy atom. The number of carbonyl (C=O) groups excluding carboxylic acids is 2. The van der Waals surface area contributed by atoms with Gasteiger partial charge in [0.25, 0.3) is 0 Å². The van der Waals surface area contributed by atoms with Gasteiger partial charge in [0.05, 0.1) is 0 Å². The molecule has 4 nitrogen and oxygen atoms in total. The van der Waals surface area contributed by atoms with Crippen molar-refractivity contribution in [2.24, 2.45) is 11.3 Å². The fraction of sp³-hybridized carbons (Fsp3) is 0.647. The fourth-order valence-electron chi connectivity index (χ4n) is 4.24. The maximum atomic E-state index is 11.7. The van der Waals surface area contributed by atoms with E-state index in [2.05, 4.69) is 20.4 Å². The van der Waals surface area contributed by atoms with E-state index in [1.165, 1.54) is 12.5 Å². The highest BCUT2D eigenvalue weighted by atomic mass is 16.6. The monoisotopic (exact) mass is 290 g/mol. The number of hydrogen-bond donors (Lipinski definition) is 0. The largest absolute Gasteiger partial charge is 0.458 e. The molecule has 0 unspecified atom stereocenters. The molecule has 0 amide bonds. The van der Waals surface area contributed by atoms with Crippen LogP contribution in [-0.4, -0.2) is 24.1 Å². The lowest BCUT2D eigenvalue weighted by atomic mass is 9.60. The molecule has 0 aromatic carbocycles. The second-order valence-electron chi connectivity index (χ2n) is 6.84. The Morgan fingerprint density at radius 2 is 2.19 bits per heavy atom. The minimum atomic E-state index is -0.248. The van der Waals surface area contributed by atoms with Gasteiger partial charge in [-0.05, 0) is 43.6 Å². The van der Waals surface area contributed by atoms with Gasteiger partial charge in [-0.25, -0.2) is 4.79 Å². The van der Waals surface area contributed by atoms with Crippen LogP contribution in [0.2, 0.25) is 0 Å². The topological polar surface area (TPSA) is 52.6 Å². The Labute approximate surface area is 125 Å². The SMILES string of the molecule is C=C1C(=O)O[C@@H]2C[C@@]3(C)CC[C@H](OC(C)=O)C(C)=C3C[C@H]12. The van der Waals surface area contributed by atoms with Gasteiger partial charge in [0.1, 0.15) is 12.2 Å². The van der Waals surface area contributed by atoms with Gasteiger partial charge >= 0.3 is 11.9 Å². The van der Waals surface area contributed by atoms with Crippen LogP contribution in [0, 0.1) is 11.3 Å². The molecule has 0 N–H and O–H groups in total. The van der Waals surface area contributed by atoms with Crippen LogP contribution in [0.15, 0.2) is 23.3 Å². The average molecular weight is 290 g/mol. The molecule has 1 heterocycles. The number of carbonyl (C=O) groups is 2. The van der Waals surface area contributed by atoms with E-state index in [4.69, 9.17) is 9.47 Å². The number of esters is 2. The molecule has 0 aromatic rings. The molecule has 2 aliphatic carbocycles. The number of rotatable bonds is 1. The first-order valence-corrected chi connectivity index (χ1v) is 7.59. The van der Waals surface area contributed by atoms with Crippen molar-refractivity contribution in [3.8, 4) is 0 Å². The van der Waals surface area contributed by atoms with Crippen molar-refractivity contribution in [1.82, 2.24) is 0 Å². The second kappa shape index (κ2) is 4.72. The minimum Gasteiger partial charge on any atom is -0.458 e. The van der Waals surface area contributed by atoms with Crippen LogP contribution >= 0.6 is 0 Å². The van der Waals surface area contributed by atoms with E-state index in [0.29, 0.717) is 5.57 Å². The molecule has 21 heavy (non-hydrogen) atoms. The normalized spacial score (nSPS) is 38.7. The Balaban J connectivity index is 1.93. The first-order chi connectivity index (χ1) is 9.82. The number of fused-ring (bicyclic) bond motifs is 2. The average Bonchev–Trinajstić information content (AvgIpc) is 2.66. The van der Waals surface area contributed by atoms with Crippen molar-refractivity contribution in [3.63, 3.8) is 0 Å². The smallest absolute Gasteiger partial charge is 0.334 e. The summed E-state index contributed by atoms with van der Waals surface area (Å²) in [6.45, 7) is 9.64. The Kier molecular flexibility index (Phi) is 3.23. The summed E-state index contributed by atoms with van der Waals surface area (Å²) in [6, 6.07) is 0. The summed E-state index contributed by atoms with van der Waals surface area (Å²) in [7, 11) is 0. The van der Waals surface area contributed by atoms with E-state index in [1.54, 1.807) is 0 Å². The molecule has 4 atom stereocenters. The van der Waals surface area contributed by atoms with Gasteiger partial charge in [-0.1, -0.05) is 19.1 Å². The highest BCUT2D eigenvalue weighted by Crippen LogP contribution is 2.55. The van der Waals surface area contributed by atoms with Gasteiger partial charge in [0.15, 0.2) is 0 Å². The molecule has 1 saturated carbocycles. The maximum absolute atomic E-state index is 11.7. The summed E-state index contributed by atoms with van der Waals surface area (Å²) in [4.78, 5) is 23.0. The predicted molar refractivity (Wildman–Crippen MR) is 77.3 cm³/mol. The molecule has 4 heteroatoms. The lowest BCUT2D eigenvalue weighted by Crippen LogP contribution is -2.41. The second-order valence-corrected chi connectivity index (χ2v) is 6.84. The third-order valence-corrected chi connectivity index (χ3v) is 5.45. The number of hydrogen-bond acceptors (Lipinski definition) is 4. The standard InChI is InChI=1S/C17H22O4/c1-9-12-7-13-10(2)14(20-11(3)18)5-6-17(13,4)8-15(12)21-16(9)19/h12,14-15H,1,5-8H2,2-4H3/t12-,14+,15-,17-/m1/s1. The zero-order chi connectivity index (χ0) is 15.4. The molecular formula is C17H22O4. The van der Waals surface area contributed by atoms with E-state index >= 15 is 0 Å². The lowest BCUT2D eigenvalue weighted by Gasteiger charge is -2.46. The maximum Gasteiger partial charge on any atom is 0.334 e. The van der Waals surface area contributed by atoms with Gasteiger partial charge < -0.3 is 9.47 Å². The van der Waals surface area contributed by atoms with Crippen LogP contribution in [0.1, 0.15) is 46.5 Å². The molecule has 0 spiro atoms. The summed E-state index contributed by atoms with van der Waals surface area (Å²) in [5.41, 5.74) is 3.13. The van der Waals surface area contributed by atoms with Crippen LogP contribution in [0.5, 0.6) is 0 Å². The summed E-state index contributed by atoms with van der Waals surface area (Å²) >= 11 is 0. The minimum absolute atomic E-state index is 0.0307. The van der Waals surface area contributed by atoms with Crippen LogP contribution in [0.4, 0.5) is 0 Å². The van der Waals surface area contributed by atoms with Gasteiger partial charge in [0, 0.05) is 18.4 Å². The third-order valence-electron chi connectivity index (χ3n) is 5.45. The quantitative estimate of drug-likeness (QED) is 0.423. The summed E-state index contributed by atoms with van der Waals surface area (Å²) in [5.74, 6) is -0.394. The molecule has 3 aliphatic rings. The summed E-state index contributed by atoms with van der Waals surface area (Å²) in [6.07, 6.45) is 3.31. The lowest BCUT2D eigenvalue weighted by molar-refractivity contribution is -0.146. The molecule has 3 rings (SSSR count). The van der Waals surface area contributed by atoms with Crippen LogP contribution in [-0.2, 0) is 19.1 Å². The van der Waals surface area contributed by atoms with E-state index in [9.17, 15) is 9.59 Å². The zero-order valence-corrected chi connectivity index (χ0v) is 12.9. The molecular weight excluding hydrogens is 268 g/mol. The van der Waals surface area contributed by atoms with Gasteiger partial charge in [-0.15, -0.1) is 0 Å². The Bertz CT molecular complexity index is 559. The Hall–Kier alpha value is -1.58. The van der Waals surface area contributed by atoms with Crippen LogP contribution in [0.3, 0.4) is 0 Å². The van der Waals surface area contributed by atoms with Gasteiger partial charge in [0.2, 0.25) is 0 Å². The highest BCUT2D eigenvalue weighted by molar-refractivity contribution is 5.91. The van der Waals surface area contributed by atoms with Gasteiger partial charge in [-0.2, -0.15) is 0 Å². The summed E-state index contributed by atoms with van der Waals surface area (Å²) < 4.78 is 10.9. The van der Waals surface area contributed by atoms with Gasteiger partial charge in [-0.3, -0.25) is 4.79 Å². The van der Waals surface area contributed by atoms with E-state index in [0.717, 1.165) is 31.3 Å². The van der Waals surface area contributed by atoms with Crippen molar-refractivity contribution in [2.75, 3.05) is 0 Å². The molecule has 1 saturated heterocycles. The van der Waals surface area contributed by atoms with Crippen molar-refractivity contribution in [1.29, 1.82) is 0 Å². The Morgan fingerprint density at radius 1 is 1.48 bits per heavy atom. The van der Waals surface area contributed by atoms with Crippen molar-refractivity contribution in [2.45, 2.75) is 58.7 Å². The third kappa shape index (κ3) is 2.21. The predicted octanol–water partition coefficient (Wildman–Crippen LogP) is 2.93.